The Kier molecular flexibility index (Phi) is 17.8. The number of likely N-dealkylation sites (tertiary alicyclic amines) is 2. The second kappa shape index (κ2) is 19.5. The third-order valence-corrected chi connectivity index (χ3v) is 9.14. The number of hydrogen-bond donors (Lipinski definition) is 0. The third-order valence-electron chi connectivity index (χ3n) is 9.14. The molecule has 0 unspecified atom stereocenters. The van der Waals surface area contributed by atoms with Crippen molar-refractivity contribution >= 4 is 20.3 Å². The number of carbonyl (C=O) groups excluding carboxylic acids is 1. The van der Waals surface area contributed by atoms with Gasteiger partial charge in [0.05, 0.1) is 16.9 Å². The van der Waals surface area contributed by atoms with Crippen molar-refractivity contribution < 1.29 is 56.4 Å². The molecule has 18 heteroatoms. The molecule has 51 heavy (non-hydrogen) atoms. The van der Waals surface area contributed by atoms with Crippen LogP contribution in [0, 0.1) is 11.3 Å². The van der Waals surface area contributed by atoms with E-state index in [0.717, 1.165) is 65.4 Å². The van der Waals surface area contributed by atoms with Crippen molar-refractivity contribution in [2.45, 2.75) is 30.2 Å². The molecule has 2 aromatic carbocycles. The Labute approximate surface area is 307 Å². The number of piperidine rings is 2. The van der Waals surface area contributed by atoms with E-state index in [-0.39, 0.29) is 22.6 Å². The van der Waals surface area contributed by atoms with E-state index in [2.05, 4.69) is 120 Å². The number of Topliss-reactive ketones (excluding diaryl/α,β-unsaturated/α-hetero) is 1. The quantitative estimate of drug-likeness (QED) is 0.288. The van der Waals surface area contributed by atoms with Crippen LogP contribution in [0.1, 0.15) is 25.0 Å². The zero-order chi connectivity index (χ0) is 38.0. The molecular weight excluding hydrogens is 734 g/mol. The number of rotatable bonds is 6. The number of fused-ring (bicyclic) bond motifs is 2. The molecule has 0 N–H and O–H groups in total. The minimum Gasteiger partial charge on any atom is -0.418 e. The van der Waals surface area contributed by atoms with E-state index in [0.29, 0.717) is 5.78 Å². The number of hydrogen-bond acceptors (Lipinski definition) is 7. The molecule has 3 aliphatic rings. The average Bonchev–Trinajstić information content (AvgIpc) is 3.13. The fourth-order valence-corrected chi connectivity index (χ4v) is 7.31. The molecular formula is C33H48B2CuF8N6O. The van der Waals surface area contributed by atoms with Gasteiger partial charge in [-0.15, -0.1) is 0 Å². The molecule has 2 atom stereocenters. The first-order valence-electron chi connectivity index (χ1n) is 16.3. The van der Waals surface area contributed by atoms with Gasteiger partial charge >= 0.3 is 31.6 Å². The van der Waals surface area contributed by atoms with Crippen molar-refractivity contribution in [3.05, 3.63) is 71.8 Å². The molecule has 2 aromatic rings. The third kappa shape index (κ3) is 14.1. The van der Waals surface area contributed by atoms with Crippen molar-refractivity contribution in [3.63, 3.8) is 0 Å². The average molecular weight is 782 g/mol. The minimum absolute atomic E-state index is 0. The number of carbonyl (C=O) groups is 1. The topological polar surface area (TPSA) is 57.1 Å². The predicted octanol–water partition coefficient (Wildman–Crippen LogP) is 5.39. The van der Waals surface area contributed by atoms with E-state index in [9.17, 15) is 39.3 Å². The largest absolute Gasteiger partial charge is 2.00 e. The van der Waals surface area contributed by atoms with Crippen LogP contribution >= 0.6 is 0 Å². The Morgan fingerprint density at radius 2 is 1.06 bits per heavy atom. The summed E-state index contributed by atoms with van der Waals surface area (Å²) >= 11 is 0. The molecule has 0 saturated carbocycles. The van der Waals surface area contributed by atoms with Gasteiger partial charge in [-0.3, -0.25) is 14.6 Å². The van der Waals surface area contributed by atoms with Crippen molar-refractivity contribution in [1.82, 2.24) is 24.5 Å². The molecule has 7 nitrogen and oxygen atoms in total. The van der Waals surface area contributed by atoms with Crippen LogP contribution in [0.2, 0.25) is 0 Å². The molecule has 5 rings (SSSR count). The number of likely N-dealkylation sites (N-methyl/N-ethyl adjacent to an activating group) is 3. The van der Waals surface area contributed by atoms with Gasteiger partial charge in [0.1, 0.15) is 0 Å². The maximum Gasteiger partial charge on any atom is 2.00 e. The standard InChI is InChI=1S/C31H45N5O.C2H3N.2BF4.Cu/c1-29(20-33(4)17-18-34(5)21-29)36-24-30(26-12-8-6-9-13-26)22-35(19-16-32(2)3)23-31(25-36,28(30)37)27-14-10-7-11-15-27;1-2-3;2*2-1(3,4)5;/h6-15H,16-25H2,1-5H3;1H3;;;/q;;2*-1;+2/t30-,31+;;;;. The molecule has 3 saturated heterocycles. The SMILES string of the molecule is CC#N.CN(C)CCN1C[C@]2(c3ccccc3)CN(C3(C)CN(C)CCN(C)C3)C[C@](c3ccccc3)(C1)C2=O.F[B-](F)(F)F.F[B-](F)(F)F.[Cu+2]. The van der Waals surface area contributed by atoms with Crippen LogP contribution in [0.3, 0.4) is 0 Å². The van der Waals surface area contributed by atoms with E-state index < -0.39 is 25.3 Å². The summed E-state index contributed by atoms with van der Waals surface area (Å²) in [6.07, 6.45) is 0. The van der Waals surface area contributed by atoms with Gasteiger partial charge in [0.25, 0.3) is 0 Å². The van der Waals surface area contributed by atoms with E-state index >= 15 is 0 Å². The molecule has 3 aliphatic heterocycles. The molecule has 1 radical (unpaired) electrons. The smallest absolute Gasteiger partial charge is 0.418 e. The Bertz CT molecular complexity index is 1290. The van der Waals surface area contributed by atoms with E-state index in [1.807, 2.05) is 0 Å². The van der Waals surface area contributed by atoms with Crippen molar-refractivity contribution in [2.24, 2.45) is 0 Å². The summed E-state index contributed by atoms with van der Waals surface area (Å²) in [5.41, 5.74) is 1.16. The van der Waals surface area contributed by atoms with Gasteiger partial charge in [-0.1, -0.05) is 60.7 Å². The summed E-state index contributed by atoms with van der Waals surface area (Å²) in [4.78, 5) is 27.5. The van der Waals surface area contributed by atoms with Crippen LogP contribution in [0.5, 0.6) is 0 Å². The normalized spacial score (nSPS) is 24.2. The van der Waals surface area contributed by atoms with E-state index in [1.165, 1.54) is 18.1 Å². The number of benzene rings is 2. The van der Waals surface area contributed by atoms with Gasteiger partial charge in [-0.25, -0.2) is 0 Å². The Morgan fingerprint density at radius 1 is 0.725 bits per heavy atom. The molecule has 0 aliphatic carbocycles. The van der Waals surface area contributed by atoms with Crippen LogP contribution in [0.15, 0.2) is 60.7 Å². The van der Waals surface area contributed by atoms with Crippen LogP contribution < -0.4 is 0 Å². The first-order chi connectivity index (χ1) is 23.1. The summed E-state index contributed by atoms with van der Waals surface area (Å²) in [5.74, 6) is 0.411. The molecule has 2 bridgehead atoms. The number of halogens is 8. The molecule has 3 fully saturated rings. The maximum absolute atomic E-state index is 15.0. The number of nitriles is 1. The second-order valence-electron chi connectivity index (χ2n) is 13.8. The van der Waals surface area contributed by atoms with Gasteiger partial charge in [-0.2, -0.15) is 5.26 Å². The fraction of sp³-hybridized carbons (Fsp3) is 0.576. The van der Waals surface area contributed by atoms with Gasteiger partial charge < -0.3 is 49.2 Å². The Morgan fingerprint density at radius 3 is 1.37 bits per heavy atom. The number of nitrogens with zero attached hydrogens (tertiary/aromatic N) is 6. The predicted molar refractivity (Wildman–Crippen MR) is 183 cm³/mol. The van der Waals surface area contributed by atoms with Gasteiger partial charge in [0.15, 0.2) is 5.78 Å². The van der Waals surface area contributed by atoms with Crippen LogP contribution in [0.4, 0.5) is 34.5 Å². The zero-order valence-electron chi connectivity index (χ0n) is 29.9. The summed E-state index contributed by atoms with van der Waals surface area (Å²) in [7, 11) is -3.23. The molecule has 289 valence electrons. The minimum atomic E-state index is -6.00. The Hall–Kier alpha value is -2.51. The summed E-state index contributed by atoms with van der Waals surface area (Å²) in [5, 5.41) is 7.32. The molecule has 0 amide bonds. The molecule has 3 heterocycles. The summed E-state index contributed by atoms with van der Waals surface area (Å²) in [6, 6.07) is 23.1. The number of ketones is 1. The second-order valence-corrected chi connectivity index (χ2v) is 13.8. The van der Waals surface area contributed by atoms with Crippen LogP contribution in [-0.2, 0) is 32.7 Å². The van der Waals surface area contributed by atoms with Crippen molar-refractivity contribution in [1.29, 1.82) is 5.26 Å². The first kappa shape index (κ1) is 46.5. The fourth-order valence-electron chi connectivity index (χ4n) is 7.31. The van der Waals surface area contributed by atoms with E-state index in [4.69, 9.17) is 5.26 Å². The summed E-state index contributed by atoms with van der Waals surface area (Å²) in [6.45, 7) is 13.0. The van der Waals surface area contributed by atoms with Crippen molar-refractivity contribution in [2.75, 3.05) is 93.6 Å². The van der Waals surface area contributed by atoms with Crippen molar-refractivity contribution in [3.8, 4) is 6.07 Å². The van der Waals surface area contributed by atoms with Crippen LogP contribution in [-0.4, -0.2) is 144 Å². The zero-order valence-corrected chi connectivity index (χ0v) is 30.9. The Balaban J connectivity index is 0.000000802. The maximum atomic E-state index is 15.0. The monoisotopic (exact) mass is 781 g/mol. The molecule has 0 spiro atoms. The first-order valence-corrected chi connectivity index (χ1v) is 16.3. The van der Waals surface area contributed by atoms with Gasteiger partial charge in [0, 0.05) is 77.9 Å². The van der Waals surface area contributed by atoms with Gasteiger partial charge in [-0.05, 0) is 46.2 Å². The summed E-state index contributed by atoms with van der Waals surface area (Å²) < 4.78 is 78.0. The van der Waals surface area contributed by atoms with E-state index in [1.54, 1.807) is 6.07 Å². The van der Waals surface area contributed by atoms with Crippen LogP contribution in [0.25, 0.3) is 0 Å². The molecule has 0 aromatic heterocycles. The van der Waals surface area contributed by atoms with Gasteiger partial charge in [0.2, 0.25) is 0 Å².